The molecule has 2 fully saturated rings. The molecular formula is C22H22FN3O3S. The first-order valence-electron chi connectivity index (χ1n) is 9.83. The Labute approximate surface area is 178 Å². The van der Waals surface area contributed by atoms with Crippen molar-refractivity contribution in [2.45, 2.75) is 26.7 Å². The van der Waals surface area contributed by atoms with E-state index in [-0.39, 0.29) is 18.3 Å². The highest BCUT2D eigenvalue weighted by atomic mass is 32.2. The van der Waals surface area contributed by atoms with Crippen LogP contribution in [0.5, 0.6) is 0 Å². The van der Waals surface area contributed by atoms with Crippen molar-refractivity contribution in [3.8, 4) is 5.69 Å². The average molecular weight is 428 g/mol. The lowest BCUT2D eigenvalue weighted by atomic mass is 10.2. The van der Waals surface area contributed by atoms with Crippen LogP contribution in [-0.4, -0.2) is 51.1 Å². The summed E-state index contributed by atoms with van der Waals surface area (Å²) in [5.74, 6) is -0.937. The number of aromatic nitrogens is 1. The molecular weight excluding hydrogens is 405 g/mol. The summed E-state index contributed by atoms with van der Waals surface area (Å²) in [5.41, 5.74) is 3.41. The SMILES string of the molecule is Cc1cc(/C=C2\SC(=O)N(CC(=O)N3CCCC3)C2=O)c(C)n1-c1ccc(F)cc1. The molecule has 0 unspecified atom stereocenters. The molecule has 1 aromatic heterocycles. The molecule has 4 rings (SSSR count). The number of aryl methyl sites for hydroxylation is 1. The molecule has 2 saturated heterocycles. The van der Waals surface area contributed by atoms with Crippen LogP contribution in [0.25, 0.3) is 11.8 Å². The summed E-state index contributed by atoms with van der Waals surface area (Å²) in [6.07, 6.45) is 3.60. The lowest BCUT2D eigenvalue weighted by molar-refractivity contribution is -0.135. The highest BCUT2D eigenvalue weighted by molar-refractivity contribution is 8.18. The zero-order valence-corrected chi connectivity index (χ0v) is 17.7. The molecule has 2 aliphatic rings. The fourth-order valence-electron chi connectivity index (χ4n) is 3.90. The van der Waals surface area contributed by atoms with Gasteiger partial charge in [-0.3, -0.25) is 19.3 Å². The molecule has 0 saturated carbocycles. The van der Waals surface area contributed by atoms with E-state index in [4.69, 9.17) is 0 Å². The van der Waals surface area contributed by atoms with E-state index in [2.05, 4.69) is 0 Å². The van der Waals surface area contributed by atoms with Crippen LogP contribution in [0.4, 0.5) is 9.18 Å². The molecule has 3 heterocycles. The van der Waals surface area contributed by atoms with Gasteiger partial charge in [0, 0.05) is 30.2 Å². The van der Waals surface area contributed by atoms with Crippen LogP contribution in [0, 0.1) is 19.7 Å². The van der Waals surface area contributed by atoms with Crippen molar-refractivity contribution in [2.75, 3.05) is 19.6 Å². The van der Waals surface area contributed by atoms with Gasteiger partial charge in [-0.05, 0) is 80.4 Å². The van der Waals surface area contributed by atoms with E-state index in [1.807, 2.05) is 24.5 Å². The molecule has 2 aliphatic heterocycles. The number of halogens is 1. The van der Waals surface area contributed by atoms with Gasteiger partial charge in [0.2, 0.25) is 5.91 Å². The van der Waals surface area contributed by atoms with E-state index in [9.17, 15) is 18.8 Å². The van der Waals surface area contributed by atoms with E-state index >= 15 is 0 Å². The minimum absolute atomic E-state index is 0.189. The number of hydrogen-bond donors (Lipinski definition) is 0. The third-order valence-electron chi connectivity index (χ3n) is 5.47. The second-order valence-electron chi connectivity index (χ2n) is 7.49. The Bertz CT molecular complexity index is 1050. The van der Waals surface area contributed by atoms with Crippen molar-refractivity contribution < 1.29 is 18.8 Å². The van der Waals surface area contributed by atoms with E-state index in [1.165, 1.54) is 12.1 Å². The number of amides is 3. The maximum absolute atomic E-state index is 13.3. The zero-order valence-electron chi connectivity index (χ0n) is 16.9. The Morgan fingerprint density at radius 2 is 1.80 bits per heavy atom. The Kier molecular flexibility index (Phi) is 5.51. The largest absolute Gasteiger partial charge is 0.341 e. The van der Waals surface area contributed by atoms with Gasteiger partial charge in [0.15, 0.2) is 0 Å². The monoisotopic (exact) mass is 427 g/mol. The molecule has 0 spiro atoms. The Hall–Kier alpha value is -2.87. The van der Waals surface area contributed by atoms with Gasteiger partial charge in [-0.2, -0.15) is 0 Å². The number of carbonyl (C=O) groups is 3. The van der Waals surface area contributed by atoms with Crippen LogP contribution < -0.4 is 0 Å². The highest BCUT2D eigenvalue weighted by Crippen LogP contribution is 2.34. The molecule has 0 atom stereocenters. The van der Waals surface area contributed by atoms with E-state index in [0.29, 0.717) is 18.0 Å². The van der Waals surface area contributed by atoms with Crippen molar-refractivity contribution in [1.82, 2.24) is 14.4 Å². The van der Waals surface area contributed by atoms with Gasteiger partial charge < -0.3 is 9.47 Å². The summed E-state index contributed by atoms with van der Waals surface area (Å²) >= 11 is 0.852. The van der Waals surface area contributed by atoms with Crippen LogP contribution in [0.3, 0.4) is 0 Å². The van der Waals surface area contributed by atoms with E-state index < -0.39 is 11.1 Å². The van der Waals surface area contributed by atoms with Crippen LogP contribution in [-0.2, 0) is 9.59 Å². The van der Waals surface area contributed by atoms with Crippen molar-refractivity contribution in [2.24, 2.45) is 0 Å². The Balaban J connectivity index is 1.57. The smallest absolute Gasteiger partial charge is 0.294 e. The minimum Gasteiger partial charge on any atom is -0.341 e. The van der Waals surface area contributed by atoms with Gasteiger partial charge in [0.1, 0.15) is 12.4 Å². The molecule has 30 heavy (non-hydrogen) atoms. The number of rotatable bonds is 4. The van der Waals surface area contributed by atoms with Gasteiger partial charge >= 0.3 is 0 Å². The summed E-state index contributed by atoms with van der Waals surface area (Å²) in [6, 6.07) is 8.10. The minimum atomic E-state index is -0.441. The standard InChI is InChI=1S/C22H22FN3O3S/c1-14-11-16(15(2)26(14)18-7-5-17(23)6-8-18)12-19-21(28)25(22(29)30-19)13-20(27)24-9-3-4-10-24/h5-8,11-12H,3-4,9-10,13H2,1-2H3/b19-12-. The van der Waals surface area contributed by atoms with E-state index in [1.54, 1.807) is 23.1 Å². The number of hydrogen-bond acceptors (Lipinski definition) is 4. The van der Waals surface area contributed by atoms with Gasteiger partial charge in [0.05, 0.1) is 4.91 Å². The summed E-state index contributed by atoms with van der Waals surface area (Å²) in [5, 5.41) is -0.425. The van der Waals surface area contributed by atoms with Gasteiger partial charge in [-0.15, -0.1) is 0 Å². The number of thioether (sulfide) groups is 1. The molecule has 0 aliphatic carbocycles. The van der Waals surface area contributed by atoms with Gasteiger partial charge in [-0.1, -0.05) is 0 Å². The molecule has 156 valence electrons. The third kappa shape index (κ3) is 3.79. The number of imide groups is 1. The predicted octanol–water partition coefficient (Wildman–Crippen LogP) is 3.89. The molecule has 0 N–H and O–H groups in total. The van der Waals surface area contributed by atoms with Crippen molar-refractivity contribution in [3.63, 3.8) is 0 Å². The van der Waals surface area contributed by atoms with Gasteiger partial charge in [-0.25, -0.2) is 4.39 Å². The van der Waals surface area contributed by atoms with E-state index in [0.717, 1.165) is 52.1 Å². The lowest BCUT2D eigenvalue weighted by Gasteiger charge is -2.18. The Morgan fingerprint density at radius 1 is 1.13 bits per heavy atom. The van der Waals surface area contributed by atoms with Crippen LogP contribution in [0.1, 0.15) is 29.8 Å². The number of likely N-dealkylation sites (tertiary alicyclic amines) is 1. The van der Waals surface area contributed by atoms with Crippen LogP contribution >= 0.6 is 11.8 Å². The number of nitrogens with zero attached hydrogens (tertiary/aromatic N) is 3. The zero-order chi connectivity index (χ0) is 21.4. The van der Waals surface area contributed by atoms with Crippen molar-refractivity contribution in [1.29, 1.82) is 0 Å². The second kappa shape index (κ2) is 8.10. The molecule has 0 bridgehead atoms. The third-order valence-corrected chi connectivity index (χ3v) is 6.37. The highest BCUT2D eigenvalue weighted by Gasteiger charge is 2.37. The maximum atomic E-state index is 13.3. The second-order valence-corrected chi connectivity index (χ2v) is 8.49. The molecule has 6 nitrogen and oxygen atoms in total. The normalized spacial score (nSPS) is 18.2. The van der Waals surface area contributed by atoms with Crippen molar-refractivity contribution in [3.05, 3.63) is 58.0 Å². The molecule has 2 aromatic rings. The fraction of sp³-hybridized carbons (Fsp3) is 0.318. The quantitative estimate of drug-likeness (QED) is 0.695. The Morgan fingerprint density at radius 3 is 2.47 bits per heavy atom. The fourth-order valence-corrected chi connectivity index (χ4v) is 4.73. The molecule has 3 amide bonds. The number of benzene rings is 1. The maximum Gasteiger partial charge on any atom is 0.294 e. The number of carbonyl (C=O) groups excluding carboxylic acids is 3. The first-order chi connectivity index (χ1) is 14.3. The topological polar surface area (TPSA) is 62.6 Å². The van der Waals surface area contributed by atoms with Crippen molar-refractivity contribution >= 4 is 34.9 Å². The van der Waals surface area contributed by atoms with Crippen LogP contribution in [0.2, 0.25) is 0 Å². The lowest BCUT2D eigenvalue weighted by Crippen LogP contribution is -2.40. The molecule has 0 radical (unpaired) electrons. The molecule has 8 heteroatoms. The summed E-state index contributed by atoms with van der Waals surface area (Å²) in [7, 11) is 0. The first-order valence-corrected chi connectivity index (χ1v) is 10.6. The summed E-state index contributed by atoms with van der Waals surface area (Å²) < 4.78 is 15.2. The summed E-state index contributed by atoms with van der Waals surface area (Å²) in [6.45, 7) is 4.98. The average Bonchev–Trinajstić information content (AvgIpc) is 3.40. The summed E-state index contributed by atoms with van der Waals surface area (Å²) in [4.78, 5) is 40.5. The van der Waals surface area contributed by atoms with Gasteiger partial charge in [0.25, 0.3) is 11.1 Å². The predicted molar refractivity (Wildman–Crippen MR) is 114 cm³/mol. The molecule has 1 aromatic carbocycles. The first kappa shape index (κ1) is 20.4. The van der Waals surface area contributed by atoms with Crippen LogP contribution in [0.15, 0.2) is 35.2 Å².